The van der Waals surface area contributed by atoms with E-state index in [9.17, 15) is 24.3 Å². The smallest absolute Gasteiger partial charge is 0.482 e. The molecule has 3 saturated carbocycles. The van der Waals surface area contributed by atoms with Crippen LogP contribution in [0.5, 0.6) is 5.75 Å². The molecule has 5 aliphatic rings. The van der Waals surface area contributed by atoms with Crippen molar-refractivity contribution in [3.05, 3.63) is 29.3 Å². The highest BCUT2D eigenvalue weighted by Crippen LogP contribution is 2.65. The number of likely N-dealkylation sites (tertiary alicyclic amines) is 1. The highest BCUT2D eigenvalue weighted by Gasteiger charge is 2.68. The molecule has 3 amide bonds. The number of benzene rings is 1. The average Bonchev–Trinajstić information content (AvgIpc) is 3.38. The number of alkyl carbamates (subject to hydrolysis) is 1. The van der Waals surface area contributed by atoms with Gasteiger partial charge in [0.1, 0.15) is 16.9 Å². The molecule has 0 radical (unpaired) electrons. The molecule has 5 atom stereocenters. The Morgan fingerprint density at radius 1 is 1.10 bits per heavy atom. The van der Waals surface area contributed by atoms with Crippen LogP contribution in [0.3, 0.4) is 0 Å². The Hall–Kier alpha value is -3.36. The summed E-state index contributed by atoms with van der Waals surface area (Å²) in [7, 11) is 0.734. The van der Waals surface area contributed by atoms with Crippen LogP contribution >= 0.6 is 0 Å². The lowest BCUT2D eigenvalue weighted by Gasteiger charge is -2.64. The number of carbonyl (C=O) groups excluding carboxylic acids is 3. The summed E-state index contributed by atoms with van der Waals surface area (Å²) in [4.78, 5) is 51.9. The van der Waals surface area contributed by atoms with E-state index in [-0.39, 0.29) is 66.6 Å². The van der Waals surface area contributed by atoms with Crippen molar-refractivity contribution < 1.29 is 43.1 Å². The third kappa shape index (κ3) is 8.34. The molecule has 1 aromatic rings. The zero-order chi connectivity index (χ0) is 35.7. The summed E-state index contributed by atoms with van der Waals surface area (Å²) in [6.07, 6.45) is 3.15. The Kier molecular flexibility index (Phi) is 10.9. The van der Waals surface area contributed by atoms with Gasteiger partial charge in [0.15, 0.2) is 0 Å². The Labute approximate surface area is 289 Å². The molecule has 2 aliphatic heterocycles. The van der Waals surface area contributed by atoms with Crippen molar-refractivity contribution >= 4 is 31.0 Å². The van der Waals surface area contributed by atoms with Crippen LogP contribution in [0.2, 0.25) is 0 Å². The number of piperidine rings is 1. The SMILES string of the molecule is COc1c(CC(NC(=O)CN2CCC(NC(=O)CCNC(=O)OC(C)(C)C)CC2)B2OC3CC4CC(C4(C)C)C3(C)O2)cccc1C(=O)O. The molecule has 6 rings (SSSR count). The summed E-state index contributed by atoms with van der Waals surface area (Å²) in [5.41, 5.74) is -0.231. The maximum atomic E-state index is 13.6. The number of carboxylic acid groups (broad SMARTS) is 1. The number of rotatable bonds is 12. The molecule has 1 aromatic carbocycles. The summed E-state index contributed by atoms with van der Waals surface area (Å²) in [6.45, 7) is 13.7. The number of nitrogens with one attached hydrogen (secondary N) is 3. The quantitative estimate of drug-likeness (QED) is 0.241. The first kappa shape index (κ1) is 36.9. The zero-order valence-corrected chi connectivity index (χ0v) is 29.9. The van der Waals surface area contributed by atoms with E-state index >= 15 is 0 Å². The molecule has 13 nitrogen and oxygen atoms in total. The van der Waals surface area contributed by atoms with E-state index in [1.54, 1.807) is 32.9 Å². The summed E-state index contributed by atoms with van der Waals surface area (Å²) in [5.74, 6) is -0.846. The minimum atomic E-state index is -1.09. The van der Waals surface area contributed by atoms with Crippen LogP contribution in [0.4, 0.5) is 4.79 Å². The van der Waals surface area contributed by atoms with Crippen molar-refractivity contribution in [2.45, 2.75) is 109 Å². The number of amides is 3. The van der Waals surface area contributed by atoms with Crippen molar-refractivity contribution in [2.75, 3.05) is 33.3 Å². The standard InChI is InChI=1S/C35H53BN4O9/c1-33(2,3)47-32(45)37-14-11-28(41)38-23-12-15-40(16-13-23)20-29(42)39-27(17-21-9-8-10-24(31(43)44)30(21)46-7)36-48-26-19-22-18-25(34(22,4)5)35(26,6)49-36/h8-10,22-23,25-27H,11-20H2,1-7H3,(H,37,45)(H,38,41)(H,39,42)(H,43,44). The van der Waals surface area contributed by atoms with Crippen molar-refractivity contribution in [3.8, 4) is 5.75 Å². The molecule has 5 unspecified atom stereocenters. The second-order valence-electron chi connectivity index (χ2n) is 15.8. The molecule has 3 aliphatic carbocycles. The number of hydrogen-bond acceptors (Lipinski definition) is 9. The minimum Gasteiger partial charge on any atom is -0.496 e. The number of ether oxygens (including phenoxy) is 2. The molecule has 2 saturated heterocycles. The molecule has 0 spiro atoms. The van der Waals surface area contributed by atoms with Crippen molar-refractivity contribution in [1.82, 2.24) is 20.9 Å². The number of aromatic carboxylic acids is 1. The van der Waals surface area contributed by atoms with Crippen LogP contribution in [0, 0.1) is 17.3 Å². The average molecular weight is 685 g/mol. The lowest BCUT2D eigenvalue weighted by atomic mass is 9.43. The summed E-state index contributed by atoms with van der Waals surface area (Å²) >= 11 is 0. The van der Waals surface area contributed by atoms with Gasteiger partial charge in [0.25, 0.3) is 0 Å². The largest absolute Gasteiger partial charge is 0.496 e. The third-order valence-corrected chi connectivity index (χ3v) is 11.0. The number of carbonyl (C=O) groups is 4. The third-order valence-electron chi connectivity index (χ3n) is 11.0. The highest BCUT2D eigenvalue weighted by molar-refractivity contribution is 6.48. The Bertz CT molecular complexity index is 1410. The fraction of sp³-hybridized carbons (Fsp3) is 0.714. The van der Waals surface area contributed by atoms with Gasteiger partial charge >= 0.3 is 19.2 Å². The summed E-state index contributed by atoms with van der Waals surface area (Å²) in [6, 6.07) is 4.96. The molecule has 14 heteroatoms. The highest BCUT2D eigenvalue weighted by atomic mass is 16.7. The van der Waals surface area contributed by atoms with Gasteiger partial charge in [0.2, 0.25) is 11.8 Å². The molecule has 4 N–H and O–H groups in total. The van der Waals surface area contributed by atoms with Crippen LogP contribution in [0.15, 0.2) is 18.2 Å². The van der Waals surface area contributed by atoms with Gasteiger partial charge in [0, 0.05) is 32.1 Å². The van der Waals surface area contributed by atoms with Crippen molar-refractivity contribution in [3.63, 3.8) is 0 Å². The maximum Gasteiger partial charge on any atom is 0.482 e. The first-order valence-electron chi connectivity index (χ1n) is 17.5. The first-order chi connectivity index (χ1) is 23.0. The summed E-state index contributed by atoms with van der Waals surface area (Å²) < 4.78 is 24.1. The van der Waals surface area contributed by atoms with E-state index in [0.717, 1.165) is 12.8 Å². The lowest BCUT2D eigenvalue weighted by molar-refractivity contribution is -0.199. The Morgan fingerprint density at radius 2 is 1.82 bits per heavy atom. The van der Waals surface area contributed by atoms with E-state index in [0.29, 0.717) is 43.3 Å². The number of methoxy groups -OCH3 is 1. The van der Waals surface area contributed by atoms with Gasteiger partial charge in [-0.25, -0.2) is 9.59 Å². The predicted octanol–water partition coefficient (Wildman–Crippen LogP) is 3.18. The fourth-order valence-corrected chi connectivity index (χ4v) is 8.26. The first-order valence-corrected chi connectivity index (χ1v) is 17.5. The van der Waals surface area contributed by atoms with Gasteiger partial charge in [-0.1, -0.05) is 26.0 Å². The van der Waals surface area contributed by atoms with E-state index < -0.39 is 36.3 Å². The van der Waals surface area contributed by atoms with Gasteiger partial charge in [-0.3, -0.25) is 14.5 Å². The molecular weight excluding hydrogens is 631 g/mol. The molecule has 270 valence electrons. The van der Waals surface area contributed by atoms with Gasteiger partial charge < -0.3 is 39.8 Å². The van der Waals surface area contributed by atoms with Gasteiger partial charge in [-0.2, -0.15) is 0 Å². The van der Waals surface area contributed by atoms with Crippen molar-refractivity contribution in [2.24, 2.45) is 17.3 Å². The summed E-state index contributed by atoms with van der Waals surface area (Å²) in [5, 5.41) is 18.6. The fourth-order valence-electron chi connectivity index (χ4n) is 8.26. The van der Waals surface area contributed by atoms with E-state index in [1.165, 1.54) is 13.2 Å². The van der Waals surface area contributed by atoms with Crippen LogP contribution in [-0.2, 0) is 30.1 Å². The molecule has 2 bridgehead atoms. The predicted molar refractivity (Wildman–Crippen MR) is 182 cm³/mol. The van der Waals surface area contributed by atoms with E-state index in [2.05, 4.69) is 41.6 Å². The van der Waals surface area contributed by atoms with E-state index in [4.69, 9.17) is 18.8 Å². The minimum absolute atomic E-state index is 0.0186. The van der Waals surface area contributed by atoms with Crippen LogP contribution < -0.4 is 20.7 Å². The topological polar surface area (TPSA) is 165 Å². The second kappa shape index (κ2) is 14.5. The molecule has 49 heavy (non-hydrogen) atoms. The van der Waals surface area contributed by atoms with Gasteiger partial charge in [-0.15, -0.1) is 0 Å². The van der Waals surface area contributed by atoms with Gasteiger partial charge in [0.05, 0.1) is 31.3 Å². The van der Waals surface area contributed by atoms with Crippen molar-refractivity contribution in [1.29, 1.82) is 0 Å². The number of carboxylic acids is 1. The number of hydrogen-bond donors (Lipinski definition) is 4. The second-order valence-corrected chi connectivity index (χ2v) is 15.8. The molecule has 0 aromatic heterocycles. The number of para-hydroxylation sites is 1. The normalized spacial score (nSPS) is 26.9. The zero-order valence-electron chi connectivity index (χ0n) is 29.9. The van der Waals surface area contributed by atoms with Gasteiger partial charge in [-0.05, 0) is 88.7 Å². The Morgan fingerprint density at radius 3 is 2.45 bits per heavy atom. The molecule has 2 heterocycles. The molecular formula is C35H53BN4O9. The monoisotopic (exact) mass is 684 g/mol. The van der Waals surface area contributed by atoms with E-state index in [1.807, 2.05) is 0 Å². The lowest BCUT2D eigenvalue weighted by Crippen LogP contribution is -2.65. The van der Waals surface area contributed by atoms with Crippen LogP contribution in [0.1, 0.15) is 89.6 Å². The number of nitrogens with zero attached hydrogens (tertiary/aromatic N) is 1. The Balaban J connectivity index is 1.17. The van der Waals surface area contributed by atoms with Crippen LogP contribution in [-0.4, -0.2) is 104 Å². The molecule has 5 fully saturated rings. The maximum absolute atomic E-state index is 13.6. The van der Waals surface area contributed by atoms with Crippen LogP contribution in [0.25, 0.3) is 0 Å².